The molecule has 138 valence electrons. The highest BCUT2D eigenvalue weighted by molar-refractivity contribution is 5.76. The summed E-state index contributed by atoms with van der Waals surface area (Å²) in [5, 5.41) is 3.15. The molecular weight excluding hydrogens is 316 g/mol. The van der Waals surface area contributed by atoms with Gasteiger partial charge in [-0.1, -0.05) is 6.42 Å². The largest absolute Gasteiger partial charge is 0.379 e. The number of aromatic nitrogens is 1. The second kappa shape index (κ2) is 9.85. The van der Waals surface area contributed by atoms with E-state index in [0.29, 0.717) is 13.0 Å². The Hall–Kier alpha value is -1.50. The fourth-order valence-corrected chi connectivity index (χ4v) is 3.67. The molecule has 1 atom stereocenters. The monoisotopic (exact) mass is 346 g/mol. The molecule has 2 aliphatic heterocycles. The molecule has 3 rings (SSSR count). The molecule has 0 radical (unpaired) electrons. The number of rotatable bonds is 7. The maximum absolute atomic E-state index is 12.3. The van der Waals surface area contributed by atoms with E-state index in [0.717, 1.165) is 45.9 Å². The van der Waals surface area contributed by atoms with Crippen molar-refractivity contribution in [2.75, 3.05) is 52.5 Å². The van der Waals surface area contributed by atoms with Crippen LogP contribution in [-0.4, -0.2) is 73.2 Å². The number of amides is 1. The Morgan fingerprint density at radius 1 is 1.12 bits per heavy atom. The minimum absolute atomic E-state index is 0.151. The van der Waals surface area contributed by atoms with Crippen LogP contribution in [0.4, 0.5) is 0 Å². The topological polar surface area (TPSA) is 57.7 Å². The Labute approximate surface area is 150 Å². The van der Waals surface area contributed by atoms with E-state index in [1.54, 1.807) is 0 Å². The molecule has 25 heavy (non-hydrogen) atoms. The van der Waals surface area contributed by atoms with Gasteiger partial charge >= 0.3 is 0 Å². The highest BCUT2D eigenvalue weighted by Gasteiger charge is 2.23. The van der Waals surface area contributed by atoms with Crippen molar-refractivity contribution in [3.8, 4) is 0 Å². The zero-order chi connectivity index (χ0) is 17.3. The van der Waals surface area contributed by atoms with Gasteiger partial charge in [0.05, 0.1) is 19.3 Å². The summed E-state index contributed by atoms with van der Waals surface area (Å²) in [4.78, 5) is 21.2. The average molecular weight is 346 g/mol. The van der Waals surface area contributed by atoms with Crippen LogP contribution in [0.1, 0.15) is 37.3 Å². The number of pyridine rings is 1. The first-order valence-electron chi connectivity index (χ1n) is 9.54. The highest BCUT2D eigenvalue weighted by Crippen LogP contribution is 2.20. The normalized spacial score (nSPS) is 21.0. The van der Waals surface area contributed by atoms with Crippen LogP contribution in [0.15, 0.2) is 24.5 Å². The van der Waals surface area contributed by atoms with Gasteiger partial charge in [0.1, 0.15) is 0 Å². The molecule has 1 amide bonds. The molecule has 2 saturated heterocycles. The van der Waals surface area contributed by atoms with E-state index in [-0.39, 0.29) is 11.9 Å². The molecule has 0 saturated carbocycles. The number of hydrogen-bond acceptors (Lipinski definition) is 5. The van der Waals surface area contributed by atoms with Gasteiger partial charge in [0.25, 0.3) is 0 Å². The first kappa shape index (κ1) is 18.3. The lowest BCUT2D eigenvalue weighted by Gasteiger charge is -2.35. The van der Waals surface area contributed by atoms with E-state index in [9.17, 15) is 4.79 Å². The fourth-order valence-electron chi connectivity index (χ4n) is 3.67. The average Bonchev–Trinajstić information content (AvgIpc) is 2.69. The Balaban J connectivity index is 1.50. The minimum atomic E-state index is 0.151. The lowest BCUT2D eigenvalue weighted by atomic mass is 10.1. The second-order valence-electron chi connectivity index (χ2n) is 6.90. The van der Waals surface area contributed by atoms with Crippen molar-refractivity contribution in [3.05, 3.63) is 30.1 Å². The molecule has 6 heteroatoms. The molecule has 2 aliphatic rings. The molecule has 1 aromatic rings. The van der Waals surface area contributed by atoms with Crippen molar-refractivity contribution in [3.63, 3.8) is 0 Å². The molecule has 2 fully saturated rings. The Morgan fingerprint density at radius 3 is 2.56 bits per heavy atom. The van der Waals surface area contributed by atoms with Gasteiger partial charge in [-0.25, -0.2) is 0 Å². The lowest BCUT2D eigenvalue weighted by molar-refractivity contribution is -0.121. The standard InChI is InChI=1S/C19H30N4O2/c24-19(6-11-22-9-2-1-3-10-22)21-16-18(17-4-7-20-8-5-17)23-12-14-25-15-13-23/h4-5,7-8,18H,1-3,6,9-16H2,(H,21,24). The number of nitrogens with one attached hydrogen (secondary N) is 1. The van der Waals surface area contributed by atoms with E-state index in [2.05, 4.69) is 20.1 Å². The third-order valence-corrected chi connectivity index (χ3v) is 5.17. The van der Waals surface area contributed by atoms with Gasteiger partial charge in [-0.3, -0.25) is 14.7 Å². The molecule has 0 bridgehead atoms. The van der Waals surface area contributed by atoms with Crippen LogP contribution in [-0.2, 0) is 9.53 Å². The summed E-state index contributed by atoms with van der Waals surface area (Å²) in [6.07, 6.45) is 8.09. The van der Waals surface area contributed by atoms with Crippen LogP contribution in [0.5, 0.6) is 0 Å². The van der Waals surface area contributed by atoms with Crippen LogP contribution < -0.4 is 5.32 Å². The van der Waals surface area contributed by atoms with E-state index in [1.165, 1.54) is 24.8 Å². The minimum Gasteiger partial charge on any atom is -0.379 e. The summed E-state index contributed by atoms with van der Waals surface area (Å²) in [5.41, 5.74) is 1.20. The maximum atomic E-state index is 12.3. The third kappa shape index (κ3) is 5.76. The molecule has 1 N–H and O–H groups in total. The Morgan fingerprint density at radius 2 is 1.84 bits per heavy atom. The van der Waals surface area contributed by atoms with E-state index < -0.39 is 0 Å². The SMILES string of the molecule is O=C(CCN1CCCCC1)NCC(c1ccncc1)N1CCOCC1. The summed E-state index contributed by atoms with van der Waals surface area (Å²) in [6.45, 7) is 7.11. The second-order valence-corrected chi connectivity index (χ2v) is 6.90. The first-order valence-corrected chi connectivity index (χ1v) is 9.54. The molecule has 6 nitrogen and oxygen atoms in total. The predicted octanol–water partition coefficient (Wildman–Crippen LogP) is 1.45. The van der Waals surface area contributed by atoms with Gasteiger partial charge in [-0.15, -0.1) is 0 Å². The first-order chi connectivity index (χ1) is 12.3. The van der Waals surface area contributed by atoms with Gasteiger partial charge in [-0.05, 0) is 43.6 Å². The molecule has 1 unspecified atom stereocenters. The van der Waals surface area contributed by atoms with Crippen molar-refractivity contribution in [1.82, 2.24) is 20.1 Å². The Kier molecular flexibility index (Phi) is 7.21. The van der Waals surface area contributed by atoms with Crippen LogP contribution in [0.2, 0.25) is 0 Å². The summed E-state index contributed by atoms with van der Waals surface area (Å²) >= 11 is 0. The number of carbonyl (C=O) groups is 1. The number of piperidine rings is 1. The van der Waals surface area contributed by atoms with E-state index in [1.807, 2.05) is 24.5 Å². The molecule has 3 heterocycles. The van der Waals surface area contributed by atoms with Crippen molar-refractivity contribution in [1.29, 1.82) is 0 Å². The van der Waals surface area contributed by atoms with Crippen LogP contribution in [0, 0.1) is 0 Å². The lowest BCUT2D eigenvalue weighted by Crippen LogP contribution is -2.44. The van der Waals surface area contributed by atoms with Crippen molar-refractivity contribution in [2.45, 2.75) is 31.7 Å². The van der Waals surface area contributed by atoms with Gasteiger partial charge in [0, 0.05) is 45.0 Å². The number of likely N-dealkylation sites (tertiary alicyclic amines) is 1. The maximum Gasteiger partial charge on any atom is 0.221 e. The fraction of sp³-hybridized carbons (Fsp3) is 0.684. The quantitative estimate of drug-likeness (QED) is 0.810. The zero-order valence-corrected chi connectivity index (χ0v) is 15.0. The number of ether oxygens (including phenoxy) is 1. The van der Waals surface area contributed by atoms with Crippen molar-refractivity contribution >= 4 is 5.91 Å². The van der Waals surface area contributed by atoms with Gasteiger partial charge in [0.2, 0.25) is 5.91 Å². The summed E-state index contributed by atoms with van der Waals surface area (Å²) in [7, 11) is 0. The van der Waals surface area contributed by atoms with Gasteiger partial charge in [0.15, 0.2) is 0 Å². The number of nitrogens with zero attached hydrogens (tertiary/aromatic N) is 3. The predicted molar refractivity (Wildman–Crippen MR) is 97.3 cm³/mol. The van der Waals surface area contributed by atoms with Crippen LogP contribution in [0.25, 0.3) is 0 Å². The molecule has 0 aliphatic carbocycles. The molecular formula is C19H30N4O2. The van der Waals surface area contributed by atoms with Gasteiger partial charge < -0.3 is 15.0 Å². The third-order valence-electron chi connectivity index (χ3n) is 5.17. The van der Waals surface area contributed by atoms with E-state index >= 15 is 0 Å². The van der Waals surface area contributed by atoms with Crippen molar-refractivity contribution < 1.29 is 9.53 Å². The number of carbonyl (C=O) groups excluding carboxylic acids is 1. The number of morpholine rings is 1. The van der Waals surface area contributed by atoms with Crippen LogP contribution >= 0.6 is 0 Å². The summed E-state index contributed by atoms with van der Waals surface area (Å²) in [5.74, 6) is 0.151. The summed E-state index contributed by atoms with van der Waals surface area (Å²) in [6, 6.07) is 4.27. The highest BCUT2D eigenvalue weighted by atomic mass is 16.5. The van der Waals surface area contributed by atoms with Gasteiger partial charge in [-0.2, -0.15) is 0 Å². The summed E-state index contributed by atoms with van der Waals surface area (Å²) < 4.78 is 5.47. The number of hydrogen-bond donors (Lipinski definition) is 1. The van der Waals surface area contributed by atoms with Crippen molar-refractivity contribution in [2.24, 2.45) is 0 Å². The smallest absolute Gasteiger partial charge is 0.221 e. The molecule has 0 aromatic carbocycles. The molecule has 1 aromatic heterocycles. The Bertz CT molecular complexity index is 513. The van der Waals surface area contributed by atoms with Crippen LogP contribution in [0.3, 0.4) is 0 Å². The molecule has 0 spiro atoms. The zero-order valence-electron chi connectivity index (χ0n) is 15.0. The van der Waals surface area contributed by atoms with E-state index in [4.69, 9.17) is 4.74 Å².